The van der Waals surface area contributed by atoms with Crippen molar-refractivity contribution >= 4 is 17.3 Å². The summed E-state index contributed by atoms with van der Waals surface area (Å²) in [6, 6.07) is 3.90. The second-order valence-corrected chi connectivity index (χ2v) is 4.90. The van der Waals surface area contributed by atoms with Crippen molar-refractivity contribution < 1.29 is 4.74 Å². The first-order chi connectivity index (χ1) is 7.63. The van der Waals surface area contributed by atoms with Crippen LogP contribution in [0.25, 0.3) is 0 Å². The van der Waals surface area contributed by atoms with Gasteiger partial charge in [-0.2, -0.15) is 0 Å². The zero-order valence-electron chi connectivity index (χ0n) is 9.74. The average molecular weight is 241 g/mol. The van der Waals surface area contributed by atoms with Crippen LogP contribution in [0.4, 0.5) is 5.69 Å². The van der Waals surface area contributed by atoms with Crippen LogP contribution in [0.3, 0.4) is 0 Å². The maximum absolute atomic E-state index is 5.90. The van der Waals surface area contributed by atoms with Gasteiger partial charge in [0.2, 0.25) is 0 Å². The summed E-state index contributed by atoms with van der Waals surface area (Å²) in [6.07, 6.45) is 4.00. The Balaban J connectivity index is 2.16. The molecule has 2 rings (SSSR count). The van der Waals surface area contributed by atoms with Crippen molar-refractivity contribution in [1.82, 2.24) is 4.98 Å². The molecule has 88 valence electrons. The summed E-state index contributed by atoms with van der Waals surface area (Å²) in [6.45, 7) is 4.12. The van der Waals surface area contributed by atoms with Crippen molar-refractivity contribution in [3.8, 4) is 0 Å². The van der Waals surface area contributed by atoms with E-state index in [1.54, 1.807) is 13.3 Å². The van der Waals surface area contributed by atoms with E-state index in [1.165, 1.54) is 0 Å². The quantitative estimate of drug-likeness (QED) is 0.744. The van der Waals surface area contributed by atoms with Crippen LogP contribution in [0.5, 0.6) is 0 Å². The van der Waals surface area contributed by atoms with Gasteiger partial charge in [0.1, 0.15) is 5.15 Å². The molecule has 0 bridgehead atoms. The van der Waals surface area contributed by atoms with Gasteiger partial charge < -0.3 is 9.64 Å². The molecule has 1 aromatic rings. The minimum atomic E-state index is -0.0476. The second-order valence-electron chi connectivity index (χ2n) is 4.52. The van der Waals surface area contributed by atoms with Crippen molar-refractivity contribution in [2.75, 3.05) is 25.1 Å². The van der Waals surface area contributed by atoms with Gasteiger partial charge in [0.25, 0.3) is 0 Å². The van der Waals surface area contributed by atoms with Gasteiger partial charge in [0, 0.05) is 32.1 Å². The Morgan fingerprint density at radius 2 is 2.38 bits per heavy atom. The lowest BCUT2D eigenvalue weighted by molar-refractivity contribution is -0.00465. The van der Waals surface area contributed by atoms with Gasteiger partial charge in [0.15, 0.2) is 0 Å². The summed E-state index contributed by atoms with van der Waals surface area (Å²) in [7, 11) is 1.78. The molecule has 0 spiro atoms. The monoisotopic (exact) mass is 240 g/mol. The zero-order chi connectivity index (χ0) is 11.6. The molecule has 0 saturated carbocycles. The summed E-state index contributed by atoms with van der Waals surface area (Å²) in [5.74, 6) is 0. The number of anilines is 1. The number of hydrogen-bond donors (Lipinski definition) is 0. The number of halogens is 1. The number of methoxy groups -OCH3 is 1. The molecule has 4 heteroatoms. The third-order valence-corrected chi connectivity index (χ3v) is 3.43. The van der Waals surface area contributed by atoms with Crippen LogP contribution in [-0.4, -0.2) is 30.8 Å². The Kier molecular flexibility index (Phi) is 3.36. The second kappa shape index (κ2) is 4.60. The predicted molar refractivity (Wildman–Crippen MR) is 66.1 cm³/mol. The molecule has 0 amide bonds. The summed E-state index contributed by atoms with van der Waals surface area (Å²) >= 11 is 5.90. The van der Waals surface area contributed by atoms with Gasteiger partial charge in [0.05, 0.1) is 5.60 Å². The molecular weight excluding hydrogens is 224 g/mol. The number of pyridine rings is 1. The van der Waals surface area contributed by atoms with E-state index >= 15 is 0 Å². The molecule has 0 radical (unpaired) electrons. The number of piperidine rings is 1. The molecule has 16 heavy (non-hydrogen) atoms. The number of nitrogens with zero attached hydrogens (tertiary/aromatic N) is 2. The van der Waals surface area contributed by atoms with E-state index in [0.717, 1.165) is 31.6 Å². The molecule has 1 saturated heterocycles. The average Bonchev–Trinajstić information content (AvgIpc) is 2.29. The predicted octanol–water partition coefficient (Wildman–Crippen LogP) is 2.74. The molecule has 0 N–H and O–H groups in total. The molecule has 1 aliphatic rings. The fourth-order valence-corrected chi connectivity index (χ4v) is 2.35. The van der Waals surface area contributed by atoms with E-state index in [0.29, 0.717) is 5.15 Å². The number of rotatable bonds is 2. The minimum absolute atomic E-state index is 0.0476. The van der Waals surface area contributed by atoms with Crippen LogP contribution in [0.1, 0.15) is 19.8 Å². The molecule has 1 fully saturated rings. The van der Waals surface area contributed by atoms with Crippen LogP contribution in [-0.2, 0) is 4.74 Å². The molecular formula is C12H17ClN2O. The molecule has 1 aromatic heterocycles. The van der Waals surface area contributed by atoms with Crippen LogP contribution in [0, 0.1) is 0 Å². The highest BCUT2D eigenvalue weighted by molar-refractivity contribution is 6.29. The van der Waals surface area contributed by atoms with Crippen LogP contribution in [0.2, 0.25) is 5.15 Å². The lowest BCUT2D eigenvalue weighted by Gasteiger charge is -2.40. The largest absolute Gasteiger partial charge is 0.377 e. The maximum atomic E-state index is 5.90. The van der Waals surface area contributed by atoms with Gasteiger partial charge >= 0.3 is 0 Å². The van der Waals surface area contributed by atoms with E-state index in [9.17, 15) is 0 Å². The summed E-state index contributed by atoms with van der Waals surface area (Å²) in [5, 5.41) is 0.544. The maximum Gasteiger partial charge on any atom is 0.131 e. The van der Waals surface area contributed by atoms with Crippen molar-refractivity contribution in [3.05, 3.63) is 23.5 Å². The zero-order valence-corrected chi connectivity index (χ0v) is 10.5. The van der Waals surface area contributed by atoms with Crippen molar-refractivity contribution in [2.45, 2.75) is 25.4 Å². The van der Waals surface area contributed by atoms with Crippen LogP contribution < -0.4 is 4.90 Å². The highest BCUT2D eigenvalue weighted by Crippen LogP contribution is 2.28. The summed E-state index contributed by atoms with van der Waals surface area (Å²) in [4.78, 5) is 6.30. The Labute approximate surface area is 101 Å². The van der Waals surface area contributed by atoms with E-state index < -0.39 is 0 Å². The molecule has 0 aromatic carbocycles. The smallest absolute Gasteiger partial charge is 0.131 e. The molecule has 1 unspecified atom stereocenters. The fraction of sp³-hybridized carbons (Fsp3) is 0.583. The first-order valence-corrected chi connectivity index (χ1v) is 5.92. The highest BCUT2D eigenvalue weighted by Gasteiger charge is 2.30. The lowest BCUT2D eigenvalue weighted by Crippen LogP contribution is -2.47. The van der Waals surface area contributed by atoms with Crippen LogP contribution in [0.15, 0.2) is 18.3 Å². The van der Waals surface area contributed by atoms with E-state index in [4.69, 9.17) is 16.3 Å². The van der Waals surface area contributed by atoms with E-state index in [2.05, 4.69) is 16.8 Å². The fourth-order valence-electron chi connectivity index (χ4n) is 2.18. The van der Waals surface area contributed by atoms with E-state index in [-0.39, 0.29) is 5.60 Å². The van der Waals surface area contributed by atoms with Gasteiger partial charge in [-0.15, -0.1) is 0 Å². The summed E-state index contributed by atoms with van der Waals surface area (Å²) < 4.78 is 5.57. The Bertz CT molecular complexity index is 372. The summed E-state index contributed by atoms with van der Waals surface area (Å²) in [5.41, 5.74) is 1.08. The van der Waals surface area contributed by atoms with Crippen molar-refractivity contribution in [1.29, 1.82) is 0 Å². The highest BCUT2D eigenvalue weighted by atomic mass is 35.5. The number of ether oxygens (including phenoxy) is 1. The van der Waals surface area contributed by atoms with E-state index in [1.807, 2.05) is 12.1 Å². The van der Waals surface area contributed by atoms with Gasteiger partial charge in [-0.25, -0.2) is 4.98 Å². The van der Waals surface area contributed by atoms with Gasteiger partial charge in [-0.1, -0.05) is 11.6 Å². The number of aromatic nitrogens is 1. The number of hydrogen-bond acceptors (Lipinski definition) is 3. The topological polar surface area (TPSA) is 25.4 Å². The third-order valence-electron chi connectivity index (χ3n) is 3.23. The van der Waals surface area contributed by atoms with Crippen molar-refractivity contribution in [3.63, 3.8) is 0 Å². The third kappa shape index (κ3) is 2.47. The SMILES string of the molecule is COC1(C)CCCN(c2ccnc(Cl)c2)C1. The normalized spacial score (nSPS) is 25.8. The minimum Gasteiger partial charge on any atom is -0.377 e. The Morgan fingerprint density at radius 1 is 1.56 bits per heavy atom. The van der Waals surface area contributed by atoms with Gasteiger partial charge in [-0.3, -0.25) is 0 Å². The first kappa shape index (κ1) is 11.7. The standard InChI is InChI=1S/C12H17ClN2O/c1-12(16-2)5-3-7-15(9-12)10-4-6-14-11(13)8-10/h4,6,8H,3,5,7,9H2,1-2H3. The molecule has 0 aliphatic carbocycles. The molecule has 1 aliphatic heterocycles. The lowest BCUT2D eigenvalue weighted by atomic mass is 9.94. The first-order valence-electron chi connectivity index (χ1n) is 5.55. The van der Waals surface area contributed by atoms with Gasteiger partial charge in [-0.05, 0) is 31.9 Å². The van der Waals surface area contributed by atoms with Crippen molar-refractivity contribution in [2.24, 2.45) is 0 Å². The molecule has 3 nitrogen and oxygen atoms in total. The molecule has 1 atom stereocenters. The molecule has 2 heterocycles. The Morgan fingerprint density at radius 3 is 3.06 bits per heavy atom. The van der Waals surface area contributed by atoms with Crippen LogP contribution >= 0.6 is 11.6 Å². The Hall–Kier alpha value is -0.800.